The molecule has 1 unspecified atom stereocenters. The van der Waals surface area contributed by atoms with Gasteiger partial charge in [0.2, 0.25) is 11.8 Å². The highest BCUT2D eigenvalue weighted by molar-refractivity contribution is 8.00. The molecule has 0 heterocycles. The summed E-state index contributed by atoms with van der Waals surface area (Å²) in [6, 6.07) is 14.7. The number of hydrogen-bond acceptors (Lipinski definition) is 4. The van der Waals surface area contributed by atoms with Crippen molar-refractivity contribution in [2.75, 3.05) is 10.6 Å². The van der Waals surface area contributed by atoms with Crippen molar-refractivity contribution in [2.45, 2.75) is 36.8 Å². The molecule has 2 rings (SSSR count). The zero-order chi connectivity index (χ0) is 19.8. The van der Waals surface area contributed by atoms with E-state index in [-0.39, 0.29) is 29.9 Å². The summed E-state index contributed by atoms with van der Waals surface area (Å²) < 4.78 is 0. The van der Waals surface area contributed by atoms with Gasteiger partial charge in [0.1, 0.15) is 0 Å². The van der Waals surface area contributed by atoms with Gasteiger partial charge in [-0.2, -0.15) is 0 Å². The van der Waals surface area contributed by atoms with E-state index < -0.39 is 5.97 Å². The monoisotopic (exact) mass is 386 g/mol. The molecule has 0 radical (unpaired) electrons. The van der Waals surface area contributed by atoms with Crippen LogP contribution >= 0.6 is 11.8 Å². The van der Waals surface area contributed by atoms with Crippen molar-refractivity contribution >= 4 is 40.9 Å². The number of benzene rings is 2. The van der Waals surface area contributed by atoms with Gasteiger partial charge in [-0.05, 0) is 49.7 Å². The molecule has 0 aliphatic rings. The van der Waals surface area contributed by atoms with E-state index in [1.807, 2.05) is 44.2 Å². The number of aryl methyl sites for hydroxylation is 1. The van der Waals surface area contributed by atoms with Gasteiger partial charge in [-0.25, -0.2) is 0 Å². The first-order chi connectivity index (χ1) is 12.8. The zero-order valence-electron chi connectivity index (χ0n) is 15.2. The third kappa shape index (κ3) is 7.15. The van der Waals surface area contributed by atoms with Crippen LogP contribution < -0.4 is 10.6 Å². The highest BCUT2D eigenvalue weighted by Gasteiger charge is 2.15. The second-order valence-corrected chi connectivity index (χ2v) is 7.50. The van der Waals surface area contributed by atoms with Gasteiger partial charge in [-0.15, -0.1) is 11.8 Å². The minimum atomic E-state index is -1.01. The molecule has 2 aromatic rings. The fourth-order valence-electron chi connectivity index (χ4n) is 2.32. The van der Waals surface area contributed by atoms with Crippen molar-refractivity contribution in [1.82, 2.24) is 0 Å². The van der Waals surface area contributed by atoms with Crippen LogP contribution in [-0.2, 0) is 14.4 Å². The molecule has 0 saturated carbocycles. The summed E-state index contributed by atoms with van der Waals surface area (Å²) in [6.45, 7) is 3.78. The predicted octanol–water partition coefficient (Wildman–Crippen LogP) is 3.92. The SMILES string of the molecule is Cc1cccc(NC(=O)C(C)Sc2cccc(NC(=O)CCC(=O)O)c2)c1. The Morgan fingerprint density at radius 3 is 2.33 bits per heavy atom. The number of carboxylic acids is 1. The van der Waals surface area contributed by atoms with E-state index >= 15 is 0 Å². The summed E-state index contributed by atoms with van der Waals surface area (Å²) in [5.74, 6) is -1.48. The molecule has 0 fully saturated rings. The standard InChI is InChI=1S/C20H22N2O4S/c1-13-5-3-6-15(11-13)22-20(26)14(2)27-17-8-4-7-16(12-17)21-18(23)9-10-19(24)25/h3-8,11-12,14H,9-10H2,1-2H3,(H,21,23)(H,22,26)(H,24,25). The Hall–Kier alpha value is -2.80. The molecule has 0 bridgehead atoms. The number of carbonyl (C=O) groups is 3. The normalized spacial score (nSPS) is 11.5. The average Bonchev–Trinajstić information content (AvgIpc) is 2.60. The Balaban J connectivity index is 1.93. The smallest absolute Gasteiger partial charge is 0.303 e. The summed E-state index contributed by atoms with van der Waals surface area (Å²) >= 11 is 1.38. The number of aliphatic carboxylic acids is 1. The van der Waals surface area contributed by atoms with Gasteiger partial charge >= 0.3 is 5.97 Å². The molecule has 27 heavy (non-hydrogen) atoms. The summed E-state index contributed by atoms with van der Waals surface area (Å²) in [5.41, 5.74) is 2.40. The summed E-state index contributed by atoms with van der Waals surface area (Å²) in [5, 5.41) is 13.9. The summed E-state index contributed by atoms with van der Waals surface area (Å²) in [6.07, 6.45) is -0.293. The van der Waals surface area contributed by atoms with Gasteiger partial charge in [0.15, 0.2) is 0 Å². The van der Waals surface area contributed by atoms with Crippen molar-refractivity contribution in [3.8, 4) is 0 Å². The Morgan fingerprint density at radius 1 is 1.00 bits per heavy atom. The lowest BCUT2D eigenvalue weighted by molar-refractivity contribution is -0.138. The molecule has 6 nitrogen and oxygen atoms in total. The predicted molar refractivity (Wildman–Crippen MR) is 107 cm³/mol. The minimum Gasteiger partial charge on any atom is -0.481 e. The quantitative estimate of drug-likeness (QED) is 0.598. The number of rotatable bonds is 8. The minimum absolute atomic E-state index is 0.0813. The van der Waals surface area contributed by atoms with E-state index in [0.717, 1.165) is 16.1 Å². The first-order valence-corrected chi connectivity index (χ1v) is 9.37. The highest BCUT2D eigenvalue weighted by Crippen LogP contribution is 2.26. The van der Waals surface area contributed by atoms with Crippen LogP contribution in [0.3, 0.4) is 0 Å². The van der Waals surface area contributed by atoms with Gasteiger partial charge in [-0.3, -0.25) is 14.4 Å². The number of amides is 2. The first kappa shape index (κ1) is 20.5. The van der Waals surface area contributed by atoms with Crippen molar-refractivity contribution in [1.29, 1.82) is 0 Å². The Bertz CT molecular complexity index is 838. The largest absolute Gasteiger partial charge is 0.481 e. The van der Waals surface area contributed by atoms with Gasteiger partial charge in [0.05, 0.1) is 11.7 Å². The zero-order valence-corrected chi connectivity index (χ0v) is 16.0. The molecule has 0 aliphatic carbocycles. The van der Waals surface area contributed by atoms with Crippen molar-refractivity contribution in [3.63, 3.8) is 0 Å². The molecule has 2 aromatic carbocycles. The molecular weight excluding hydrogens is 364 g/mol. The molecule has 7 heteroatoms. The van der Waals surface area contributed by atoms with Crippen LogP contribution in [0.1, 0.15) is 25.3 Å². The Morgan fingerprint density at radius 2 is 1.67 bits per heavy atom. The number of anilines is 2. The van der Waals surface area contributed by atoms with Gasteiger partial charge in [0.25, 0.3) is 0 Å². The maximum Gasteiger partial charge on any atom is 0.303 e. The second kappa shape index (κ2) is 9.78. The molecule has 0 aliphatic heterocycles. The average molecular weight is 386 g/mol. The number of carbonyl (C=O) groups excluding carboxylic acids is 2. The number of hydrogen-bond donors (Lipinski definition) is 3. The van der Waals surface area contributed by atoms with Crippen LogP contribution in [0, 0.1) is 6.92 Å². The fourth-order valence-corrected chi connectivity index (χ4v) is 3.24. The van der Waals surface area contributed by atoms with Crippen LogP contribution in [-0.4, -0.2) is 28.1 Å². The fraction of sp³-hybridized carbons (Fsp3) is 0.250. The Labute approximate surface area is 162 Å². The van der Waals surface area contributed by atoms with Crippen LogP contribution in [0.15, 0.2) is 53.4 Å². The second-order valence-electron chi connectivity index (χ2n) is 6.09. The molecule has 1 atom stereocenters. The molecular formula is C20H22N2O4S. The van der Waals surface area contributed by atoms with Crippen molar-refractivity contribution in [3.05, 3.63) is 54.1 Å². The Kier molecular flexibility index (Phi) is 7.43. The van der Waals surface area contributed by atoms with Crippen LogP contribution in [0.4, 0.5) is 11.4 Å². The number of carboxylic acid groups (broad SMARTS) is 1. The van der Waals surface area contributed by atoms with Crippen LogP contribution in [0.5, 0.6) is 0 Å². The van der Waals surface area contributed by atoms with E-state index in [4.69, 9.17) is 5.11 Å². The van der Waals surface area contributed by atoms with Crippen LogP contribution in [0.2, 0.25) is 0 Å². The van der Waals surface area contributed by atoms with Gasteiger partial charge in [-0.1, -0.05) is 18.2 Å². The highest BCUT2D eigenvalue weighted by atomic mass is 32.2. The maximum atomic E-state index is 12.4. The topological polar surface area (TPSA) is 95.5 Å². The lowest BCUT2D eigenvalue weighted by atomic mass is 10.2. The molecule has 2 amide bonds. The number of thioether (sulfide) groups is 1. The molecule has 142 valence electrons. The first-order valence-electron chi connectivity index (χ1n) is 8.49. The lowest BCUT2D eigenvalue weighted by Gasteiger charge is -2.13. The van der Waals surface area contributed by atoms with E-state index in [1.54, 1.807) is 18.2 Å². The lowest BCUT2D eigenvalue weighted by Crippen LogP contribution is -2.22. The van der Waals surface area contributed by atoms with Crippen molar-refractivity contribution in [2.24, 2.45) is 0 Å². The third-order valence-electron chi connectivity index (χ3n) is 3.65. The molecule has 0 aromatic heterocycles. The van der Waals surface area contributed by atoms with E-state index in [0.29, 0.717) is 5.69 Å². The summed E-state index contributed by atoms with van der Waals surface area (Å²) in [4.78, 5) is 35.5. The van der Waals surface area contributed by atoms with Gasteiger partial charge in [0, 0.05) is 22.7 Å². The summed E-state index contributed by atoms with van der Waals surface area (Å²) in [7, 11) is 0. The number of nitrogens with one attached hydrogen (secondary N) is 2. The maximum absolute atomic E-state index is 12.4. The van der Waals surface area contributed by atoms with E-state index in [9.17, 15) is 14.4 Å². The molecule has 0 spiro atoms. The third-order valence-corrected chi connectivity index (χ3v) is 4.75. The van der Waals surface area contributed by atoms with Crippen molar-refractivity contribution < 1.29 is 19.5 Å². The van der Waals surface area contributed by atoms with E-state index in [1.165, 1.54) is 11.8 Å². The van der Waals surface area contributed by atoms with Crippen LogP contribution in [0.25, 0.3) is 0 Å². The van der Waals surface area contributed by atoms with E-state index in [2.05, 4.69) is 10.6 Å². The molecule has 0 saturated heterocycles. The van der Waals surface area contributed by atoms with Gasteiger partial charge < -0.3 is 15.7 Å². The molecule has 3 N–H and O–H groups in total.